The summed E-state index contributed by atoms with van der Waals surface area (Å²) >= 11 is 0. The van der Waals surface area contributed by atoms with E-state index >= 15 is 0 Å². The van der Waals surface area contributed by atoms with Crippen LogP contribution in [0.1, 0.15) is 33.6 Å². The summed E-state index contributed by atoms with van der Waals surface area (Å²) in [5, 5.41) is 20.6. The van der Waals surface area contributed by atoms with Gasteiger partial charge in [-0.05, 0) is 33.6 Å². The van der Waals surface area contributed by atoms with Crippen molar-refractivity contribution >= 4 is 5.97 Å². The van der Waals surface area contributed by atoms with Crippen molar-refractivity contribution in [2.45, 2.75) is 39.7 Å². The van der Waals surface area contributed by atoms with Gasteiger partial charge in [0, 0.05) is 19.2 Å². The van der Waals surface area contributed by atoms with Crippen LogP contribution in [0.25, 0.3) is 0 Å². The van der Waals surface area contributed by atoms with Gasteiger partial charge < -0.3 is 15.5 Å². The van der Waals surface area contributed by atoms with Crippen molar-refractivity contribution in [3.05, 3.63) is 0 Å². The van der Waals surface area contributed by atoms with E-state index in [1.165, 1.54) is 0 Å². The number of carboxylic acid groups (broad SMARTS) is 1. The van der Waals surface area contributed by atoms with Crippen LogP contribution < -0.4 is 5.32 Å². The highest BCUT2D eigenvalue weighted by Gasteiger charge is 2.26. The molecule has 0 saturated carbocycles. The van der Waals surface area contributed by atoms with Gasteiger partial charge in [0.1, 0.15) is 0 Å². The maximum Gasteiger partial charge on any atom is 0.310 e. The molecule has 0 spiro atoms. The zero-order valence-electron chi connectivity index (χ0n) is 9.21. The second-order valence-corrected chi connectivity index (χ2v) is 4.34. The van der Waals surface area contributed by atoms with Crippen LogP contribution in [0.15, 0.2) is 0 Å². The first-order chi connectivity index (χ1) is 6.40. The lowest BCUT2D eigenvalue weighted by molar-refractivity contribution is -0.146. The third kappa shape index (κ3) is 5.19. The van der Waals surface area contributed by atoms with E-state index in [1.54, 1.807) is 13.8 Å². The Bertz CT molecular complexity index is 180. The van der Waals surface area contributed by atoms with Gasteiger partial charge in [0.25, 0.3) is 0 Å². The first-order valence-electron chi connectivity index (χ1n) is 4.98. The molecule has 0 fully saturated rings. The van der Waals surface area contributed by atoms with E-state index in [1.807, 2.05) is 6.92 Å². The number of aliphatic hydroxyl groups is 1. The fourth-order valence-electron chi connectivity index (χ4n) is 1.00. The molecule has 0 bridgehead atoms. The molecule has 0 aliphatic heterocycles. The average Bonchev–Trinajstić information content (AvgIpc) is 2.11. The number of hydrogen-bond acceptors (Lipinski definition) is 3. The highest BCUT2D eigenvalue weighted by molar-refractivity contribution is 5.73. The molecule has 0 aliphatic rings. The zero-order valence-corrected chi connectivity index (χ0v) is 9.21. The van der Waals surface area contributed by atoms with Gasteiger partial charge in [0.15, 0.2) is 0 Å². The minimum absolute atomic E-state index is 0.189. The molecule has 4 nitrogen and oxygen atoms in total. The largest absolute Gasteiger partial charge is 0.481 e. The first-order valence-corrected chi connectivity index (χ1v) is 4.98. The third-order valence-corrected chi connectivity index (χ3v) is 2.27. The van der Waals surface area contributed by atoms with Gasteiger partial charge in [-0.15, -0.1) is 0 Å². The Balaban J connectivity index is 3.75. The predicted octanol–water partition coefficient (Wildman–Crippen LogP) is 0.848. The lowest BCUT2D eigenvalue weighted by atomic mass is 9.93. The molecule has 0 saturated heterocycles. The lowest BCUT2D eigenvalue weighted by Gasteiger charge is -2.22. The van der Waals surface area contributed by atoms with Crippen LogP contribution in [-0.2, 0) is 4.79 Å². The summed E-state index contributed by atoms with van der Waals surface area (Å²) in [4.78, 5) is 10.8. The highest BCUT2D eigenvalue weighted by Crippen LogP contribution is 2.13. The number of carboxylic acids is 1. The smallest absolute Gasteiger partial charge is 0.310 e. The van der Waals surface area contributed by atoms with Gasteiger partial charge in [-0.3, -0.25) is 4.79 Å². The molecule has 0 rings (SSSR count). The van der Waals surface area contributed by atoms with Crippen molar-refractivity contribution in [1.82, 2.24) is 5.32 Å². The number of rotatable bonds is 7. The van der Waals surface area contributed by atoms with E-state index in [2.05, 4.69) is 5.32 Å². The van der Waals surface area contributed by atoms with E-state index in [9.17, 15) is 4.79 Å². The summed E-state index contributed by atoms with van der Waals surface area (Å²) in [6, 6.07) is 0.251. The van der Waals surface area contributed by atoms with E-state index in [0.29, 0.717) is 6.54 Å². The Labute approximate surface area is 85.3 Å². The SMILES string of the molecule is CC(CCCO)NCC(C)(C)C(=O)O. The van der Waals surface area contributed by atoms with Crippen molar-refractivity contribution in [2.24, 2.45) is 5.41 Å². The molecule has 1 unspecified atom stereocenters. The third-order valence-electron chi connectivity index (χ3n) is 2.27. The van der Waals surface area contributed by atoms with Crippen LogP contribution in [0.5, 0.6) is 0 Å². The summed E-state index contributed by atoms with van der Waals surface area (Å²) in [6.45, 7) is 6.03. The van der Waals surface area contributed by atoms with Gasteiger partial charge in [-0.2, -0.15) is 0 Å². The van der Waals surface area contributed by atoms with Crippen molar-refractivity contribution < 1.29 is 15.0 Å². The molecule has 0 aromatic rings. The fourth-order valence-corrected chi connectivity index (χ4v) is 1.00. The molecular formula is C10H21NO3. The molecule has 0 amide bonds. The Morgan fingerprint density at radius 2 is 2.07 bits per heavy atom. The van der Waals surface area contributed by atoms with Crippen LogP contribution in [-0.4, -0.2) is 35.4 Å². The molecule has 4 heteroatoms. The molecule has 84 valence electrons. The Kier molecular flexibility index (Phi) is 5.72. The molecule has 14 heavy (non-hydrogen) atoms. The van der Waals surface area contributed by atoms with Crippen molar-refractivity contribution in [1.29, 1.82) is 0 Å². The summed E-state index contributed by atoms with van der Waals surface area (Å²) in [5.41, 5.74) is -0.729. The van der Waals surface area contributed by atoms with Crippen molar-refractivity contribution in [3.8, 4) is 0 Å². The second-order valence-electron chi connectivity index (χ2n) is 4.34. The molecule has 0 aromatic heterocycles. The van der Waals surface area contributed by atoms with Crippen LogP contribution in [0.3, 0.4) is 0 Å². The molecule has 0 heterocycles. The summed E-state index contributed by atoms with van der Waals surface area (Å²) in [5.74, 6) is -0.792. The van der Waals surface area contributed by atoms with Crippen molar-refractivity contribution in [3.63, 3.8) is 0 Å². The topological polar surface area (TPSA) is 69.6 Å². The molecule has 0 aromatic carbocycles. The number of aliphatic carboxylic acids is 1. The number of nitrogens with one attached hydrogen (secondary N) is 1. The fraction of sp³-hybridized carbons (Fsp3) is 0.900. The number of aliphatic hydroxyl groups excluding tert-OH is 1. The van der Waals surface area contributed by atoms with Gasteiger partial charge in [0.05, 0.1) is 5.41 Å². The molecule has 0 radical (unpaired) electrons. The minimum Gasteiger partial charge on any atom is -0.481 e. The van der Waals surface area contributed by atoms with Gasteiger partial charge in [-0.25, -0.2) is 0 Å². The van der Waals surface area contributed by atoms with Gasteiger partial charge >= 0.3 is 5.97 Å². The molecule has 1 atom stereocenters. The predicted molar refractivity (Wildman–Crippen MR) is 55.2 cm³/mol. The Morgan fingerprint density at radius 3 is 2.50 bits per heavy atom. The van der Waals surface area contributed by atoms with E-state index in [-0.39, 0.29) is 12.6 Å². The second kappa shape index (κ2) is 5.98. The van der Waals surface area contributed by atoms with Crippen LogP contribution in [0.2, 0.25) is 0 Å². The standard InChI is InChI=1S/C10H21NO3/c1-8(5-4-6-12)11-7-10(2,3)9(13)14/h8,11-12H,4-7H2,1-3H3,(H,13,14). The lowest BCUT2D eigenvalue weighted by Crippen LogP contribution is -2.39. The average molecular weight is 203 g/mol. The summed E-state index contributed by atoms with van der Waals surface area (Å²) < 4.78 is 0. The normalized spacial score (nSPS) is 14.0. The maximum absolute atomic E-state index is 10.8. The van der Waals surface area contributed by atoms with Crippen LogP contribution in [0.4, 0.5) is 0 Å². The maximum atomic E-state index is 10.8. The highest BCUT2D eigenvalue weighted by atomic mass is 16.4. The summed E-state index contributed by atoms with van der Waals surface area (Å²) in [7, 11) is 0. The number of carbonyl (C=O) groups is 1. The van der Waals surface area contributed by atoms with Crippen LogP contribution >= 0.6 is 0 Å². The minimum atomic E-state index is -0.792. The quantitative estimate of drug-likeness (QED) is 0.573. The molecule has 0 aliphatic carbocycles. The monoisotopic (exact) mass is 203 g/mol. The summed E-state index contributed by atoms with van der Waals surface area (Å²) in [6.07, 6.45) is 1.62. The van der Waals surface area contributed by atoms with E-state index in [0.717, 1.165) is 12.8 Å². The van der Waals surface area contributed by atoms with Gasteiger partial charge in [-0.1, -0.05) is 0 Å². The molecule has 3 N–H and O–H groups in total. The zero-order chi connectivity index (χ0) is 11.2. The Hall–Kier alpha value is -0.610. The first kappa shape index (κ1) is 13.4. The van der Waals surface area contributed by atoms with Crippen LogP contribution in [0, 0.1) is 5.41 Å². The van der Waals surface area contributed by atoms with E-state index in [4.69, 9.17) is 10.2 Å². The van der Waals surface area contributed by atoms with Gasteiger partial charge in [0.2, 0.25) is 0 Å². The Morgan fingerprint density at radius 1 is 1.50 bits per heavy atom. The number of hydrogen-bond donors (Lipinski definition) is 3. The van der Waals surface area contributed by atoms with Crippen molar-refractivity contribution in [2.75, 3.05) is 13.2 Å². The molecular weight excluding hydrogens is 182 g/mol. The van der Waals surface area contributed by atoms with E-state index < -0.39 is 11.4 Å².